The lowest BCUT2D eigenvalue weighted by molar-refractivity contribution is -0.274. The summed E-state index contributed by atoms with van der Waals surface area (Å²) < 4.78 is 48.1. The molecule has 0 atom stereocenters. The van der Waals surface area contributed by atoms with Crippen LogP contribution < -0.4 is 4.74 Å². The summed E-state index contributed by atoms with van der Waals surface area (Å²) in [6, 6.07) is 16.4. The van der Waals surface area contributed by atoms with E-state index >= 15 is 0 Å². The molecule has 0 aliphatic rings. The van der Waals surface area contributed by atoms with Gasteiger partial charge in [-0.25, -0.2) is 0 Å². The molecule has 2 aromatic carbocycles. The maximum absolute atomic E-state index is 12.3. The fourth-order valence-electron chi connectivity index (χ4n) is 3.24. The van der Waals surface area contributed by atoms with Crippen molar-refractivity contribution in [1.29, 1.82) is 0 Å². The molecule has 0 saturated carbocycles. The predicted octanol–water partition coefficient (Wildman–Crippen LogP) is 5.95. The maximum Gasteiger partial charge on any atom is 0.573 e. The third-order valence-corrected chi connectivity index (χ3v) is 4.98. The van der Waals surface area contributed by atoms with Crippen molar-refractivity contribution in [1.82, 2.24) is 19.9 Å². The minimum atomic E-state index is -4.75. The van der Waals surface area contributed by atoms with E-state index in [2.05, 4.69) is 52.9 Å². The van der Waals surface area contributed by atoms with Crippen LogP contribution in [0.2, 0.25) is 0 Å². The molecule has 0 aliphatic carbocycles. The molecule has 0 N–H and O–H groups in total. The van der Waals surface area contributed by atoms with Crippen LogP contribution in [0.5, 0.6) is 5.75 Å². The lowest BCUT2D eigenvalue weighted by atomic mass is 9.86. The van der Waals surface area contributed by atoms with E-state index in [4.69, 9.17) is 4.52 Å². The zero-order valence-electron chi connectivity index (χ0n) is 18.6. The minimum absolute atomic E-state index is 0.00242. The molecule has 0 spiro atoms. The van der Waals surface area contributed by atoms with Gasteiger partial charge in [-0.1, -0.05) is 44.1 Å². The summed E-state index contributed by atoms with van der Waals surface area (Å²) in [6.45, 7) is 8.94. The molecule has 0 saturated heterocycles. The molecule has 1 radical (unpaired) electrons. The molecule has 0 amide bonds. The number of hydrogen-bond acceptors (Lipinski definition) is 5. The first-order valence-electron chi connectivity index (χ1n) is 10.2. The predicted molar refractivity (Wildman–Crippen MR) is 115 cm³/mol. The number of hydrogen-bond donors (Lipinski definition) is 0. The second kappa shape index (κ2) is 8.38. The Morgan fingerprint density at radius 1 is 1.06 bits per heavy atom. The quantitative estimate of drug-likeness (QED) is 0.372. The maximum atomic E-state index is 12.3. The van der Waals surface area contributed by atoms with Crippen molar-refractivity contribution in [3.63, 3.8) is 0 Å². The van der Waals surface area contributed by atoms with E-state index in [0.717, 1.165) is 16.8 Å². The average molecular weight is 455 g/mol. The molecule has 2 aromatic heterocycles. The normalized spacial score (nSPS) is 12.2. The molecule has 0 bridgehead atoms. The zero-order chi connectivity index (χ0) is 23.8. The van der Waals surface area contributed by atoms with Crippen LogP contribution >= 0.6 is 0 Å². The summed E-state index contributed by atoms with van der Waals surface area (Å²) in [5.74, 6) is 0.140. The van der Waals surface area contributed by atoms with Crippen LogP contribution in [0.25, 0.3) is 23.0 Å². The highest BCUT2D eigenvalue weighted by molar-refractivity contribution is 5.59. The first-order valence-corrected chi connectivity index (χ1v) is 10.2. The summed E-state index contributed by atoms with van der Waals surface area (Å²) in [5.41, 5.74) is 4.15. The van der Waals surface area contributed by atoms with Crippen molar-refractivity contribution in [3.8, 4) is 28.7 Å². The molecule has 33 heavy (non-hydrogen) atoms. The Kier molecular flexibility index (Phi) is 5.73. The third kappa shape index (κ3) is 5.42. The minimum Gasteiger partial charge on any atom is -0.406 e. The first-order chi connectivity index (χ1) is 15.5. The Bertz CT molecular complexity index is 1250. The van der Waals surface area contributed by atoms with Gasteiger partial charge in [0.25, 0.3) is 5.89 Å². The largest absolute Gasteiger partial charge is 0.573 e. The van der Waals surface area contributed by atoms with Crippen LogP contribution in [0.3, 0.4) is 0 Å². The number of aryl methyl sites for hydroxylation is 1. The molecular weight excluding hydrogens is 433 g/mol. The summed E-state index contributed by atoms with van der Waals surface area (Å²) in [6.07, 6.45) is -4.75. The van der Waals surface area contributed by atoms with E-state index in [1.807, 2.05) is 29.8 Å². The van der Waals surface area contributed by atoms with Gasteiger partial charge in [0.05, 0.1) is 6.54 Å². The monoisotopic (exact) mass is 455 g/mol. The molecule has 171 valence electrons. The van der Waals surface area contributed by atoms with Crippen LogP contribution in [-0.2, 0) is 12.0 Å². The van der Waals surface area contributed by atoms with Gasteiger partial charge in [0.2, 0.25) is 5.82 Å². The third-order valence-electron chi connectivity index (χ3n) is 4.98. The number of halogens is 3. The zero-order valence-corrected chi connectivity index (χ0v) is 18.6. The van der Waals surface area contributed by atoms with Crippen molar-refractivity contribution in [2.75, 3.05) is 0 Å². The highest BCUT2D eigenvalue weighted by Gasteiger charge is 2.31. The Labute approximate surface area is 189 Å². The van der Waals surface area contributed by atoms with Gasteiger partial charge in [-0.15, -0.1) is 13.2 Å². The van der Waals surface area contributed by atoms with Crippen LogP contribution in [0, 0.1) is 13.0 Å². The highest BCUT2D eigenvalue weighted by atomic mass is 19.4. The Hall–Kier alpha value is -3.62. The number of nitrogens with zero attached hydrogens (tertiary/aromatic N) is 4. The van der Waals surface area contributed by atoms with Gasteiger partial charge in [-0.2, -0.15) is 10.1 Å². The number of ether oxygens (including phenoxy) is 1. The van der Waals surface area contributed by atoms with Gasteiger partial charge in [-0.05, 0) is 59.9 Å². The van der Waals surface area contributed by atoms with Gasteiger partial charge in [0, 0.05) is 11.3 Å². The van der Waals surface area contributed by atoms with Crippen molar-refractivity contribution in [3.05, 3.63) is 71.4 Å². The second-order valence-corrected chi connectivity index (χ2v) is 8.68. The fourth-order valence-corrected chi connectivity index (χ4v) is 3.24. The summed E-state index contributed by atoms with van der Waals surface area (Å²) in [7, 11) is 0. The molecule has 4 rings (SSSR count). The second-order valence-electron chi connectivity index (χ2n) is 8.68. The van der Waals surface area contributed by atoms with Gasteiger partial charge < -0.3 is 9.26 Å². The van der Waals surface area contributed by atoms with Crippen molar-refractivity contribution in [2.45, 2.75) is 46.0 Å². The van der Waals surface area contributed by atoms with E-state index < -0.39 is 6.36 Å². The van der Waals surface area contributed by atoms with E-state index in [1.54, 1.807) is 0 Å². The molecule has 0 aliphatic heterocycles. The van der Waals surface area contributed by atoms with Crippen LogP contribution in [0.4, 0.5) is 13.2 Å². The molecule has 0 unspecified atom stereocenters. The summed E-state index contributed by atoms with van der Waals surface area (Å²) in [4.78, 5) is 4.34. The summed E-state index contributed by atoms with van der Waals surface area (Å²) >= 11 is 0. The molecule has 4 aromatic rings. The Morgan fingerprint density at radius 2 is 1.79 bits per heavy atom. The topological polar surface area (TPSA) is 66.0 Å². The van der Waals surface area contributed by atoms with Crippen molar-refractivity contribution in [2.24, 2.45) is 0 Å². The van der Waals surface area contributed by atoms with Crippen LogP contribution in [0.15, 0.2) is 53.1 Å². The summed E-state index contributed by atoms with van der Waals surface area (Å²) in [5, 5.41) is 8.52. The van der Waals surface area contributed by atoms with Crippen molar-refractivity contribution < 1.29 is 22.4 Å². The Balaban J connectivity index is 1.52. The number of rotatable bonds is 5. The number of aromatic nitrogens is 4. The van der Waals surface area contributed by atoms with Gasteiger partial charge in [0.1, 0.15) is 5.75 Å². The van der Waals surface area contributed by atoms with Gasteiger partial charge in [-0.3, -0.25) is 4.68 Å². The number of benzene rings is 2. The van der Waals surface area contributed by atoms with Crippen LogP contribution in [-0.4, -0.2) is 26.3 Å². The smallest absolute Gasteiger partial charge is 0.406 e. The van der Waals surface area contributed by atoms with Gasteiger partial charge in [0.15, 0.2) is 5.69 Å². The van der Waals surface area contributed by atoms with E-state index in [1.165, 1.54) is 24.3 Å². The number of alkyl halides is 3. The van der Waals surface area contributed by atoms with Gasteiger partial charge >= 0.3 is 6.36 Å². The highest BCUT2D eigenvalue weighted by Crippen LogP contribution is 2.27. The molecule has 0 fully saturated rings. The lowest BCUT2D eigenvalue weighted by Gasteiger charge is -2.19. The van der Waals surface area contributed by atoms with E-state index in [0.29, 0.717) is 17.8 Å². The molecular formula is C24H22F3N4O2. The lowest BCUT2D eigenvalue weighted by Crippen LogP contribution is -2.16. The Morgan fingerprint density at radius 3 is 2.45 bits per heavy atom. The van der Waals surface area contributed by atoms with Crippen molar-refractivity contribution >= 4 is 0 Å². The standard InChI is InChI=1S/C24H22F3N4O2/c1-15-12-20(29-31(15)14-16-6-5-7-18(13-16)23(2,3)4)22-28-21(30-33-22)17-8-10-19(11-9-17)32-24(25,26)27/h5-6,8-13H,14H2,1-4H3. The van der Waals surface area contributed by atoms with E-state index in [-0.39, 0.29) is 22.9 Å². The van der Waals surface area contributed by atoms with E-state index in [9.17, 15) is 13.2 Å². The first kappa shape index (κ1) is 22.6. The average Bonchev–Trinajstić information content (AvgIpc) is 3.34. The fraction of sp³-hybridized carbons (Fsp3) is 0.292. The molecule has 2 heterocycles. The van der Waals surface area contributed by atoms with Crippen LogP contribution in [0.1, 0.15) is 37.6 Å². The molecule has 6 nitrogen and oxygen atoms in total. The molecule has 9 heteroatoms. The SMILES string of the molecule is Cc1cc(-c2nc(-c3ccc(OC(F)(F)F)cc3)no2)nn1Cc1cc[c]c(C(C)(C)C)c1.